The van der Waals surface area contributed by atoms with Crippen molar-refractivity contribution in [3.05, 3.63) is 150 Å². The number of nitrogens with zero attached hydrogens (tertiary/aromatic N) is 1. The van der Waals surface area contributed by atoms with Crippen LogP contribution in [0.15, 0.2) is 139 Å². The van der Waals surface area contributed by atoms with Crippen LogP contribution in [0.4, 0.5) is 0 Å². The van der Waals surface area contributed by atoms with Gasteiger partial charge in [0.2, 0.25) is 0 Å². The van der Waals surface area contributed by atoms with Gasteiger partial charge in [0.15, 0.2) is 0 Å². The Morgan fingerprint density at radius 3 is 2.12 bits per heavy atom. The maximum Gasteiger partial charge on any atom is 0.131 e. The molecule has 2 heterocycles. The summed E-state index contributed by atoms with van der Waals surface area (Å²) in [5.41, 5.74) is -4.24. The maximum atomic E-state index is 9.40. The highest BCUT2D eigenvalue weighted by molar-refractivity contribution is 6.10. The van der Waals surface area contributed by atoms with Gasteiger partial charge < -0.3 is 9.30 Å². The molecular weight excluding hydrogens is 498 g/mol. The molecule has 6 aromatic carbocycles. The minimum Gasteiger partial charge on any atom is -0.457 e. The maximum absolute atomic E-state index is 9.40. The lowest BCUT2D eigenvalue weighted by Crippen LogP contribution is -2.24. The van der Waals surface area contributed by atoms with E-state index in [0.717, 1.165) is 27.5 Å². The molecule has 0 aliphatic carbocycles. The second kappa shape index (κ2) is 8.97. The molecule has 1 aromatic heterocycles. The largest absolute Gasteiger partial charge is 0.457 e. The monoisotopic (exact) mass is 544 g/mol. The Balaban J connectivity index is 1.42. The third kappa shape index (κ3) is 3.72. The zero-order chi connectivity index (χ0) is 42.1. The van der Waals surface area contributed by atoms with Crippen LogP contribution in [0.25, 0.3) is 49.7 Å². The highest BCUT2D eigenvalue weighted by Crippen LogP contribution is 2.48. The number of para-hydroxylation sites is 3. The van der Waals surface area contributed by atoms with Crippen LogP contribution in [-0.4, -0.2) is 4.57 Å². The quantitative estimate of drug-likeness (QED) is 0.216. The first-order valence-electron chi connectivity index (χ1n) is 21.3. The predicted octanol–water partition coefficient (Wildman–Crippen LogP) is 10.5. The van der Waals surface area contributed by atoms with E-state index < -0.39 is 119 Å². The summed E-state index contributed by atoms with van der Waals surface area (Å²) in [6, 6.07) is 12.8. The molecule has 8 rings (SSSR count). The van der Waals surface area contributed by atoms with Crippen LogP contribution in [0, 0.1) is 0 Å². The van der Waals surface area contributed by atoms with Gasteiger partial charge in [0.05, 0.1) is 26.1 Å². The topological polar surface area (TPSA) is 14.2 Å². The van der Waals surface area contributed by atoms with Gasteiger partial charge in [0, 0.05) is 41.2 Å². The van der Waals surface area contributed by atoms with Crippen molar-refractivity contribution < 1.29 is 28.0 Å². The molecule has 0 saturated carbocycles. The molecule has 0 fully saturated rings. The summed E-state index contributed by atoms with van der Waals surface area (Å²) in [7, 11) is 0. The normalized spacial score (nSPS) is 20.0. The molecule has 41 heavy (non-hydrogen) atoms. The van der Waals surface area contributed by atoms with Crippen LogP contribution in [-0.2, 0) is 5.41 Å². The van der Waals surface area contributed by atoms with Crippen LogP contribution in [0.5, 0.6) is 11.5 Å². The van der Waals surface area contributed by atoms with Crippen molar-refractivity contribution in [1.82, 2.24) is 4.57 Å². The molecule has 0 N–H and O–H groups in total. The first kappa shape index (κ1) is 12.2. The van der Waals surface area contributed by atoms with E-state index >= 15 is 0 Å². The van der Waals surface area contributed by atoms with Crippen molar-refractivity contribution in [2.45, 2.75) is 19.1 Å². The molecule has 0 radical (unpaired) electrons. The van der Waals surface area contributed by atoms with Gasteiger partial charge in [-0.05, 0) is 70.7 Å². The molecular formula is C39H29NO. The van der Waals surface area contributed by atoms with E-state index in [-0.39, 0.29) is 5.56 Å². The SMILES string of the molecule is [2H]c1c([2H])c([2H])c2c(c1[2H])Oc1c([2H])c([2H])c(-c3c([2H])c([2H])c(-c4ccc5c(c4)c4ccccc4n5-c4ccccc4)c([2H])c3[2H])c([2H])c1C2(C([2H])([2H])[2H])C([2H])([2H])[2H]. The third-order valence-electron chi connectivity index (χ3n) is 7.24. The van der Waals surface area contributed by atoms with E-state index in [1.165, 1.54) is 0 Å². The fraction of sp³-hybridized carbons (Fsp3) is 0.0769. The van der Waals surface area contributed by atoms with Gasteiger partial charge in [-0.3, -0.25) is 0 Å². The number of benzene rings is 6. The van der Waals surface area contributed by atoms with E-state index in [1.807, 2.05) is 54.6 Å². The van der Waals surface area contributed by atoms with Gasteiger partial charge in [0.1, 0.15) is 11.5 Å². The molecule has 0 unspecified atom stereocenters. The van der Waals surface area contributed by atoms with Crippen molar-refractivity contribution >= 4 is 21.8 Å². The zero-order valence-electron chi connectivity index (χ0n) is 38.3. The standard InChI is InChI=1S/C39H29NO/c1-39(2)33-13-7-9-15-37(33)41-38-23-21-29(25-34(38)39)27-18-16-26(17-19-27)28-20-22-36-32(24-28)31-12-6-8-14-35(31)40(36)30-10-4-3-5-11-30/h3-25H,1-2H3/i1D3,2D3,7D,9D,13D,15D,16D,17D,18D,19D,21D,23D,25D. The van der Waals surface area contributed by atoms with Crippen LogP contribution < -0.4 is 4.74 Å². The number of fused-ring (bicyclic) bond motifs is 5. The molecule has 0 spiro atoms. The fourth-order valence-corrected chi connectivity index (χ4v) is 5.29. The Hall–Kier alpha value is -5.08. The third-order valence-corrected chi connectivity index (χ3v) is 7.24. The molecule has 2 nitrogen and oxygen atoms in total. The highest BCUT2D eigenvalue weighted by Gasteiger charge is 2.34. The molecule has 0 amide bonds. The Morgan fingerprint density at radius 2 is 1.29 bits per heavy atom. The number of ether oxygens (including phenoxy) is 1. The number of aromatic nitrogens is 1. The van der Waals surface area contributed by atoms with Gasteiger partial charge in [0.25, 0.3) is 0 Å². The lowest BCUT2D eigenvalue weighted by atomic mass is 9.75. The molecule has 1 aliphatic rings. The van der Waals surface area contributed by atoms with Gasteiger partial charge in [-0.15, -0.1) is 0 Å². The van der Waals surface area contributed by atoms with Gasteiger partial charge in [-0.25, -0.2) is 0 Å². The fourth-order valence-electron chi connectivity index (χ4n) is 5.29. The molecule has 1 aliphatic heterocycles. The van der Waals surface area contributed by atoms with Gasteiger partial charge >= 0.3 is 0 Å². The Labute approximate surface area is 264 Å². The summed E-state index contributed by atoms with van der Waals surface area (Å²) < 4.78 is 157. The molecule has 196 valence electrons. The van der Waals surface area contributed by atoms with E-state index in [0.29, 0.717) is 5.56 Å². The zero-order valence-corrected chi connectivity index (χ0v) is 21.3. The minimum absolute atomic E-state index is 0.133. The van der Waals surface area contributed by atoms with E-state index in [4.69, 9.17) is 23.9 Å². The summed E-state index contributed by atoms with van der Waals surface area (Å²) in [4.78, 5) is 0. The van der Waals surface area contributed by atoms with Gasteiger partial charge in [-0.2, -0.15) is 0 Å². The summed E-state index contributed by atoms with van der Waals surface area (Å²) in [6.45, 7) is -7.46. The Kier molecular flexibility index (Phi) is 2.67. The Morgan fingerprint density at radius 1 is 0.610 bits per heavy atom. The van der Waals surface area contributed by atoms with Crippen LogP contribution in [0.1, 0.15) is 48.1 Å². The van der Waals surface area contributed by atoms with Crippen molar-refractivity contribution in [1.29, 1.82) is 0 Å². The number of hydrogen-bond acceptors (Lipinski definition) is 1. The summed E-state index contributed by atoms with van der Waals surface area (Å²) in [5, 5.41) is 1.60. The number of hydrogen-bond donors (Lipinski definition) is 0. The molecule has 7 aromatic rings. The minimum atomic E-state index is -3.73. The highest BCUT2D eigenvalue weighted by atomic mass is 16.5. The van der Waals surface area contributed by atoms with Gasteiger partial charge in [-0.1, -0.05) is 105 Å². The predicted molar refractivity (Wildman–Crippen MR) is 170 cm³/mol. The molecule has 0 bridgehead atoms. The molecule has 0 saturated heterocycles. The van der Waals surface area contributed by atoms with Crippen molar-refractivity contribution in [3.63, 3.8) is 0 Å². The van der Waals surface area contributed by atoms with Crippen LogP contribution in [0.2, 0.25) is 0 Å². The second-order valence-corrected chi connectivity index (χ2v) is 9.68. The van der Waals surface area contributed by atoms with Crippen LogP contribution in [0.3, 0.4) is 0 Å². The smallest absolute Gasteiger partial charge is 0.131 e. The molecule has 2 heteroatoms. The lowest BCUT2D eigenvalue weighted by molar-refractivity contribution is 0.418. The van der Waals surface area contributed by atoms with Crippen molar-refractivity contribution in [2.75, 3.05) is 0 Å². The van der Waals surface area contributed by atoms with E-state index in [9.17, 15) is 4.11 Å². The summed E-state index contributed by atoms with van der Waals surface area (Å²) >= 11 is 0. The summed E-state index contributed by atoms with van der Waals surface area (Å²) in [5.74, 6) is -1.83. The average molecular weight is 545 g/mol. The average Bonchev–Trinajstić information content (AvgIpc) is 3.51. The first-order chi connectivity index (χ1) is 27.2. The molecule has 0 atom stereocenters. The van der Waals surface area contributed by atoms with E-state index in [1.54, 1.807) is 18.2 Å². The lowest BCUT2D eigenvalue weighted by Gasteiger charge is -2.34. The van der Waals surface area contributed by atoms with E-state index in [2.05, 4.69) is 4.57 Å². The Bertz CT molecular complexity index is 2870. The van der Waals surface area contributed by atoms with Crippen LogP contribution >= 0.6 is 0 Å². The summed E-state index contributed by atoms with van der Waals surface area (Å²) in [6.07, 6.45) is 0. The second-order valence-electron chi connectivity index (χ2n) is 9.68. The van der Waals surface area contributed by atoms with Crippen molar-refractivity contribution in [2.24, 2.45) is 0 Å². The number of rotatable bonds is 3. The van der Waals surface area contributed by atoms with Crippen molar-refractivity contribution in [3.8, 4) is 39.4 Å². The first-order valence-corrected chi connectivity index (χ1v) is 12.8.